The van der Waals surface area contributed by atoms with Crippen molar-refractivity contribution in [1.82, 2.24) is 0 Å². The van der Waals surface area contributed by atoms with Gasteiger partial charge in [-0.15, -0.1) is 0 Å². The van der Waals surface area contributed by atoms with Crippen LogP contribution < -0.4 is 20.4 Å². The van der Waals surface area contributed by atoms with Crippen molar-refractivity contribution in [2.75, 3.05) is 0 Å². The minimum Gasteiger partial charge on any atom is -0.545 e. The molecule has 0 heterocycles. The molecule has 0 aliphatic carbocycles. The molecule has 4 aromatic rings. The summed E-state index contributed by atoms with van der Waals surface area (Å²) in [6, 6.07) is 26.9. The normalized spacial score (nSPS) is 9.60. The van der Waals surface area contributed by atoms with Crippen LogP contribution in [0.4, 0.5) is 0 Å². The van der Waals surface area contributed by atoms with Gasteiger partial charge in [0.2, 0.25) is 0 Å². The molecule has 0 fully saturated rings. The molecule has 0 bridgehead atoms. The first-order valence-corrected chi connectivity index (χ1v) is 11.4. The molecular weight excluding hydrogens is 568 g/mol. The van der Waals surface area contributed by atoms with Gasteiger partial charge < -0.3 is 39.6 Å². The summed E-state index contributed by atoms with van der Waals surface area (Å²) in [6.45, 7) is 0. The van der Waals surface area contributed by atoms with Crippen LogP contribution in [-0.2, 0) is 12.8 Å². The molecule has 4 aromatic carbocycles. The molecule has 0 unspecified atom stereocenters. The third kappa shape index (κ3) is 9.73. The molecule has 0 saturated heterocycles. The number of aromatic carboxylic acids is 4. The number of rotatable bonds is 8. The monoisotopic (exact) mass is 588 g/mol. The number of carboxylic acids is 4. The van der Waals surface area contributed by atoms with E-state index >= 15 is 0 Å². The first kappa shape index (κ1) is 35.3. The van der Waals surface area contributed by atoms with Crippen molar-refractivity contribution in [2.24, 2.45) is 0 Å². The van der Waals surface area contributed by atoms with E-state index in [2.05, 4.69) is 0 Å². The molecule has 10 heteroatoms. The quantitative estimate of drug-likeness (QED) is 0.243. The Morgan fingerprint density at radius 3 is 1.02 bits per heavy atom. The number of carbonyl (C=O) groups is 4. The zero-order chi connectivity index (χ0) is 27.7. The number of carbonyl (C=O) groups excluding carboxylic acids is 4. The summed E-state index contributed by atoms with van der Waals surface area (Å²) >= 11 is 0. The Balaban J connectivity index is 0.000000381. The van der Waals surface area contributed by atoms with Crippen LogP contribution in [0, 0.1) is 0 Å². The Hall–Kier alpha value is -2.72. The van der Waals surface area contributed by atoms with Gasteiger partial charge in [0.25, 0.3) is 0 Å². The standard InChI is InChI=1S/2C15H12O4.2Ca/c2*16-14(17)12-8-4-7-11(13(12)15(18)19)9-10-5-2-1-3-6-10;;/h2*1-8H,9H2,(H,16,17)(H,18,19);;/q;;2*+2/p-4. The smallest absolute Gasteiger partial charge is 0.545 e. The fourth-order valence-electron chi connectivity index (χ4n) is 3.95. The summed E-state index contributed by atoms with van der Waals surface area (Å²) in [5.41, 5.74) is 1.24. The number of benzene rings is 4. The molecule has 0 N–H and O–H groups in total. The van der Waals surface area contributed by atoms with E-state index in [1.165, 1.54) is 24.3 Å². The van der Waals surface area contributed by atoms with Crippen LogP contribution in [0.1, 0.15) is 63.7 Å². The molecule has 0 aliphatic heterocycles. The molecule has 8 nitrogen and oxygen atoms in total. The van der Waals surface area contributed by atoms with Crippen LogP contribution in [0.3, 0.4) is 0 Å². The number of carboxylic acid groups (broad SMARTS) is 4. The minimum atomic E-state index is -1.52. The van der Waals surface area contributed by atoms with Crippen molar-refractivity contribution < 1.29 is 39.6 Å². The van der Waals surface area contributed by atoms with Crippen molar-refractivity contribution in [1.29, 1.82) is 0 Å². The average Bonchev–Trinajstić information content (AvgIpc) is 2.89. The summed E-state index contributed by atoms with van der Waals surface area (Å²) < 4.78 is 0. The summed E-state index contributed by atoms with van der Waals surface area (Å²) in [5, 5.41) is 44.1. The van der Waals surface area contributed by atoms with Gasteiger partial charge in [0.15, 0.2) is 0 Å². The van der Waals surface area contributed by atoms with Crippen LogP contribution in [-0.4, -0.2) is 99.4 Å². The van der Waals surface area contributed by atoms with Crippen LogP contribution in [0.25, 0.3) is 0 Å². The molecule has 0 radical (unpaired) electrons. The molecule has 0 spiro atoms. The van der Waals surface area contributed by atoms with Crippen LogP contribution in [0.5, 0.6) is 0 Å². The zero-order valence-electron chi connectivity index (χ0n) is 21.3. The Kier molecular flexibility index (Phi) is 15.2. The Morgan fingerprint density at radius 1 is 0.425 bits per heavy atom. The first-order valence-electron chi connectivity index (χ1n) is 11.4. The number of hydrogen-bond acceptors (Lipinski definition) is 8. The van der Waals surface area contributed by atoms with E-state index in [1.54, 1.807) is 12.1 Å². The fraction of sp³-hybridized carbons (Fsp3) is 0.0667. The SMILES string of the molecule is O=C([O-])c1cccc(Cc2ccccc2)c1C(=O)[O-].O=C([O-])c1cccc(Cc2ccccc2)c1C(=O)[O-].[Ca+2].[Ca+2]. The van der Waals surface area contributed by atoms with Crippen molar-refractivity contribution in [3.05, 3.63) is 142 Å². The van der Waals surface area contributed by atoms with Gasteiger partial charge in [0.1, 0.15) is 0 Å². The van der Waals surface area contributed by atoms with Gasteiger partial charge in [-0.25, -0.2) is 0 Å². The molecule has 0 atom stereocenters. The van der Waals surface area contributed by atoms with E-state index in [1.807, 2.05) is 60.7 Å². The van der Waals surface area contributed by atoms with Gasteiger partial charge in [-0.3, -0.25) is 0 Å². The molecule has 0 aliphatic rings. The maximum atomic E-state index is 11.1. The van der Waals surface area contributed by atoms with Crippen molar-refractivity contribution in [2.45, 2.75) is 12.8 Å². The van der Waals surface area contributed by atoms with Gasteiger partial charge in [-0.1, -0.05) is 97.1 Å². The minimum absolute atomic E-state index is 0. The molecule has 40 heavy (non-hydrogen) atoms. The first-order chi connectivity index (χ1) is 18.2. The maximum absolute atomic E-state index is 11.1. The maximum Gasteiger partial charge on any atom is 2.00 e. The van der Waals surface area contributed by atoms with Gasteiger partial charge in [0, 0.05) is 22.3 Å². The van der Waals surface area contributed by atoms with E-state index in [0.717, 1.165) is 11.1 Å². The predicted molar refractivity (Wildman–Crippen MR) is 140 cm³/mol. The predicted octanol–water partition coefficient (Wildman–Crippen LogP) is -0.753. The third-order valence-corrected chi connectivity index (χ3v) is 5.62. The van der Waals surface area contributed by atoms with E-state index < -0.39 is 23.9 Å². The molecular formula is C30H20Ca2O8. The molecule has 0 saturated carbocycles. The summed E-state index contributed by atoms with van der Waals surface area (Å²) in [7, 11) is 0. The molecule has 4 rings (SSSR count). The third-order valence-electron chi connectivity index (χ3n) is 5.62. The molecule has 0 aromatic heterocycles. The largest absolute Gasteiger partial charge is 2.00 e. The van der Waals surface area contributed by atoms with Gasteiger partial charge in [-0.05, 0) is 35.1 Å². The van der Waals surface area contributed by atoms with Gasteiger partial charge >= 0.3 is 75.5 Å². The summed E-state index contributed by atoms with van der Waals surface area (Å²) in [5.74, 6) is -6.06. The van der Waals surface area contributed by atoms with Gasteiger partial charge in [-0.2, -0.15) is 0 Å². The van der Waals surface area contributed by atoms with Gasteiger partial charge in [0.05, 0.1) is 23.9 Å². The van der Waals surface area contributed by atoms with Crippen molar-refractivity contribution >= 4 is 99.4 Å². The summed E-state index contributed by atoms with van der Waals surface area (Å²) in [6.07, 6.45) is 0.649. The Morgan fingerprint density at radius 2 is 0.750 bits per heavy atom. The Labute approximate surface area is 290 Å². The number of hydrogen-bond donors (Lipinski definition) is 0. The second kappa shape index (κ2) is 17.2. The average molecular weight is 589 g/mol. The fourth-order valence-corrected chi connectivity index (χ4v) is 3.95. The van der Waals surface area contributed by atoms with E-state index in [9.17, 15) is 39.6 Å². The second-order valence-corrected chi connectivity index (χ2v) is 8.15. The van der Waals surface area contributed by atoms with E-state index in [4.69, 9.17) is 0 Å². The van der Waals surface area contributed by atoms with E-state index in [0.29, 0.717) is 24.0 Å². The zero-order valence-corrected chi connectivity index (χ0v) is 25.7. The Bertz CT molecular complexity index is 1360. The molecule has 0 amide bonds. The van der Waals surface area contributed by atoms with Crippen molar-refractivity contribution in [3.8, 4) is 0 Å². The van der Waals surface area contributed by atoms with Crippen LogP contribution >= 0.6 is 0 Å². The molecule has 192 valence electrons. The van der Waals surface area contributed by atoms with Crippen LogP contribution in [0.2, 0.25) is 0 Å². The topological polar surface area (TPSA) is 161 Å². The van der Waals surface area contributed by atoms with Crippen LogP contribution in [0.15, 0.2) is 97.1 Å². The van der Waals surface area contributed by atoms with Crippen molar-refractivity contribution in [3.63, 3.8) is 0 Å². The van der Waals surface area contributed by atoms with E-state index in [-0.39, 0.29) is 97.7 Å². The summed E-state index contributed by atoms with van der Waals surface area (Å²) in [4.78, 5) is 44.1. The second-order valence-electron chi connectivity index (χ2n) is 8.15.